The fourth-order valence-electron chi connectivity index (χ4n) is 3.23. The zero-order chi connectivity index (χ0) is 23.8. The molecule has 0 aromatic heterocycles. The summed E-state index contributed by atoms with van der Waals surface area (Å²) in [7, 11) is -3.96. The van der Waals surface area contributed by atoms with Crippen molar-refractivity contribution in [1.29, 1.82) is 0 Å². The first kappa shape index (κ1) is 24.5. The summed E-state index contributed by atoms with van der Waals surface area (Å²) in [4.78, 5) is 12.8. The molecule has 0 radical (unpaired) electrons. The van der Waals surface area contributed by atoms with E-state index in [1.807, 2.05) is 43.3 Å². The van der Waals surface area contributed by atoms with Crippen molar-refractivity contribution in [3.05, 3.63) is 95.6 Å². The molecule has 7 heteroatoms. The molecule has 0 spiro atoms. The molecule has 3 aromatic carbocycles. The Labute approximate surface area is 195 Å². The van der Waals surface area contributed by atoms with Gasteiger partial charge in [-0.2, -0.15) is 8.42 Å². The van der Waals surface area contributed by atoms with E-state index >= 15 is 0 Å². The van der Waals surface area contributed by atoms with Crippen LogP contribution in [0.1, 0.15) is 30.5 Å². The molecule has 1 atom stereocenters. The van der Waals surface area contributed by atoms with Gasteiger partial charge in [-0.1, -0.05) is 60.2 Å². The normalized spacial score (nSPS) is 12.4. The predicted molar refractivity (Wildman–Crippen MR) is 127 cm³/mol. The molecule has 0 heterocycles. The van der Waals surface area contributed by atoms with Crippen LogP contribution >= 0.6 is 0 Å². The Hall–Kier alpha value is -3.16. The summed E-state index contributed by atoms with van der Waals surface area (Å²) in [6.45, 7) is 5.98. The molecule has 0 aliphatic heterocycles. The number of aryl methyl sites for hydroxylation is 1. The average molecular weight is 468 g/mol. The van der Waals surface area contributed by atoms with Gasteiger partial charge in [-0.3, -0.25) is 4.79 Å². The Balaban J connectivity index is 1.75. The smallest absolute Gasteiger partial charge is 0.339 e. The second kappa shape index (κ2) is 11.1. The van der Waals surface area contributed by atoms with Gasteiger partial charge in [0.2, 0.25) is 0 Å². The van der Waals surface area contributed by atoms with E-state index in [1.54, 1.807) is 44.2 Å². The van der Waals surface area contributed by atoms with Crippen molar-refractivity contribution in [3.63, 3.8) is 0 Å². The van der Waals surface area contributed by atoms with E-state index in [0.29, 0.717) is 13.0 Å². The van der Waals surface area contributed by atoms with Crippen LogP contribution in [0.15, 0.2) is 83.8 Å². The minimum absolute atomic E-state index is 0.0846. The van der Waals surface area contributed by atoms with Crippen LogP contribution in [0.2, 0.25) is 0 Å². The molecule has 1 N–H and O–H groups in total. The largest absolute Gasteiger partial charge is 0.462 e. The third-order valence-electron chi connectivity index (χ3n) is 4.89. The highest BCUT2D eigenvalue weighted by Gasteiger charge is 2.22. The van der Waals surface area contributed by atoms with Crippen molar-refractivity contribution < 1.29 is 22.1 Å². The standard InChI is InChI=1S/C26H29NO5S/c1-19(2)31-26(28)25(27-18-21-8-5-4-6-9-21)17-22-10-7-11-23(16-22)32-33(29,30)24-14-12-20(3)13-15-24/h4-16,19,25,27H,17-18H2,1-3H3/t25-/m0/s1. The van der Waals surface area contributed by atoms with Gasteiger partial charge in [-0.05, 0) is 62.6 Å². The maximum absolute atomic E-state index is 12.7. The first-order valence-corrected chi connectivity index (χ1v) is 12.2. The molecule has 0 fully saturated rings. The lowest BCUT2D eigenvalue weighted by molar-refractivity contribution is -0.150. The Kier molecular flexibility index (Phi) is 8.25. The van der Waals surface area contributed by atoms with Crippen molar-refractivity contribution in [2.45, 2.75) is 50.8 Å². The zero-order valence-electron chi connectivity index (χ0n) is 19.0. The van der Waals surface area contributed by atoms with Crippen LogP contribution in [0.25, 0.3) is 0 Å². The second-order valence-corrected chi connectivity index (χ2v) is 9.65. The van der Waals surface area contributed by atoms with Crippen LogP contribution in [0.5, 0.6) is 5.75 Å². The number of benzene rings is 3. The summed E-state index contributed by atoms with van der Waals surface area (Å²) < 4.78 is 36.0. The van der Waals surface area contributed by atoms with Crippen LogP contribution in [-0.4, -0.2) is 26.5 Å². The molecule has 6 nitrogen and oxygen atoms in total. The lowest BCUT2D eigenvalue weighted by Crippen LogP contribution is -2.40. The van der Waals surface area contributed by atoms with E-state index in [4.69, 9.17) is 8.92 Å². The van der Waals surface area contributed by atoms with Crippen LogP contribution in [0, 0.1) is 6.92 Å². The SMILES string of the molecule is Cc1ccc(S(=O)(=O)Oc2cccc(C[C@H](NCc3ccccc3)C(=O)OC(C)C)c2)cc1. The van der Waals surface area contributed by atoms with Gasteiger partial charge < -0.3 is 14.2 Å². The van der Waals surface area contributed by atoms with Gasteiger partial charge in [0.25, 0.3) is 0 Å². The number of carbonyl (C=O) groups is 1. The molecule has 0 amide bonds. The minimum atomic E-state index is -3.96. The highest BCUT2D eigenvalue weighted by Crippen LogP contribution is 2.21. The van der Waals surface area contributed by atoms with Gasteiger partial charge in [0.1, 0.15) is 16.7 Å². The average Bonchev–Trinajstić information content (AvgIpc) is 2.77. The van der Waals surface area contributed by atoms with E-state index < -0.39 is 16.2 Å². The highest BCUT2D eigenvalue weighted by atomic mass is 32.2. The quantitative estimate of drug-likeness (QED) is 0.351. The molecule has 0 saturated heterocycles. The van der Waals surface area contributed by atoms with Gasteiger partial charge in [0, 0.05) is 6.54 Å². The topological polar surface area (TPSA) is 81.7 Å². The van der Waals surface area contributed by atoms with Crippen LogP contribution < -0.4 is 9.50 Å². The molecule has 0 aliphatic carbocycles. The Morgan fingerprint density at radius 2 is 1.58 bits per heavy atom. The third kappa shape index (κ3) is 7.44. The van der Waals surface area contributed by atoms with Crippen molar-refractivity contribution in [3.8, 4) is 5.75 Å². The maximum Gasteiger partial charge on any atom is 0.339 e. The van der Waals surface area contributed by atoms with Crippen molar-refractivity contribution in [2.24, 2.45) is 0 Å². The van der Waals surface area contributed by atoms with Crippen molar-refractivity contribution in [1.82, 2.24) is 5.32 Å². The summed E-state index contributed by atoms with van der Waals surface area (Å²) >= 11 is 0. The summed E-state index contributed by atoms with van der Waals surface area (Å²) in [5.74, 6) is -0.174. The number of esters is 1. The Morgan fingerprint density at radius 1 is 0.909 bits per heavy atom. The number of rotatable bonds is 10. The molecule has 0 unspecified atom stereocenters. The molecule has 33 heavy (non-hydrogen) atoms. The zero-order valence-corrected chi connectivity index (χ0v) is 19.8. The van der Waals surface area contributed by atoms with E-state index in [9.17, 15) is 13.2 Å². The van der Waals surface area contributed by atoms with E-state index in [0.717, 1.165) is 16.7 Å². The summed E-state index contributed by atoms with van der Waals surface area (Å²) in [6, 6.07) is 22.4. The van der Waals surface area contributed by atoms with Gasteiger partial charge in [-0.25, -0.2) is 0 Å². The van der Waals surface area contributed by atoms with Gasteiger partial charge in [0.15, 0.2) is 0 Å². The highest BCUT2D eigenvalue weighted by molar-refractivity contribution is 7.87. The number of hydrogen-bond donors (Lipinski definition) is 1. The number of hydrogen-bond acceptors (Lipinski definition) is 6. The van der Waals surface area contributed by atoms with Crippen LogP contribution in [0.3, 0.4) is 0 Å². The molecule has 0 saturated carbocycles. The lowest BCUT2D eigenvalue weighted by Gasteiger charge is -2.20. The Morgan fingerprint density at radius 3 is 2.24 bits per heavy atom. The monoisotopic (exact) mass is 467 g/mol. The van der Waals surface area contributed by atoms with Crippen LogP contribution in [-0.2, 0) is 32.6 Å². The third-order valence-corrected chi connectivity index (χ3v) is 6.15. The van der Waals surface area contributed by atoms with Crippen LogP contribution in [0.4, 0.5) is 0 Å². The molecule has 174 valence electrons. The van der Waals surface area contributed by atoms with E-state index in [1.165, 1.54) is 12.1 Å². The first-order valence-electron chi connectivity index (χ1n) is 10.8. The van der Waals surface area contributed by atoms with Gasteiger partial charge >= 0.3 is 16.1 Å². The molecule has 0 aliphatic rings. The maximum atomic E-state index is 12.7. The predicted octanol–water partition coefficient (Wildman–Crippen LogP) is 4.42. The van der Waals surface area contributed by atoms with Crippen molar-refractivity contribution in [2.75, 3.05) is 0 Å². The molecular weight excluding hydrogens is 438 g/mol. The molecule has 3 rings (SSSR count). The molecule has 3 aromatic rings. The first-order chi connectivity index (χ1) is 15.7. The summed E-state index contributed by atoms with van der Waals surface area (Å²) in [5, 5.41) is 3.25. The fraction of sp³-hybridized carbons (Fsp3) is 0.269. The second-order valence-electron chi connectivity index (χ2n) is 8.11. The van der Waals surface area contributed by atoms with E-state index in [-0.39, 0.29) is 22.7 Å². The molecular formula is C26H29NO5S. The van der Waals surface area contributed by atoms with Gasteiger partial charge in [0.05, 0.1) is 6.10 Å². The Bertz CT molecular complexity index is 1160. The fourth-order valence-corrected chi connectivity index (χ4v) is 4.15. The minimum Gasteiger partial charge on any atom is -0.462 e. The number of nitrogens with one attached hydrogen (secondary N) is 1. The summed E-state index contributed by atoms with van der Waals surface area (Å²) in [6.07, 6.45) is 0.0769. The van der Waals surface area contributed by atoms with E-state index in [2.05, 4.69) is 5.32 Å². The number of carbonyl (C=O) groups excluding carboxylic acids is 1. The van der Waals surface area contributed by atoms with Crippen molar-refractivity contribution >= 4 is 16.1 Å². The summed E-state index contributed by atoms with van der Waals surface area (Å²) in [5.41, 5.74) is 2.75. The van der Waals surface area contributed by atoms with Gasteiger partial charge in [-0.15, -0.1) is 0 Å². The lowest BCUT2D eigenvalue weighted by atomic mass is 10.1. The molecule has 0 bridgehead atoms. The number of ether oxygens (including phenoxy) is 1.